The molecule has 7 rings (SSSR count). The van der Waals surface area contributed by atoms with E-state index in [1.807, 2.05) is 25.1 Å². The number of carbonyl (C=O) groups is 4. The van der Waals surface area contributed by atoms with E-state index < -0.39 is 29.7 Å². The van der Waals surface area contributed by atoms with E-state index in [1.165, 1.54) is 12.1 Å². The summed E-state index contributed by atoms with van der Waals surface area (Å²) in [5.41, 5.74) is 9.04. The molecule has 60 heavy (non-hydrogen) atoms. The van der Waals surface area contributed by atoms with Crippen LogP contribution in [0.15, 0.2) is 88.1 Å². The first-order chi connectivity index (χ1) is 29.1. The number of rotatable bonds is 19. The third kappa shape index (κ3) is 9.45. The van der Waals surface area contributed by atoms with E-state index in [2.05, 4.69) is 5.32 Å². The van der Waals surface area contributed by atoms with Crippen molar-refractivity contribution in [1.29, 1.82) is 0 Å². The molecule has 5 aromatic rings. The minimum Gasteiger partial charge on any atom is -0.493 e. The Morgan fingerprint density at radius 1 is 0.733 bits per heavy atom. The zero-order valence-electron chi connectivity index (χ0n) is 32.7. The molecule has 0 spiro atoms. The normalized spacial score (nSPS) is 15.0. The zero-order chi connectivity index (χ0) is 42.2. The number of halogens is 1. The van der Waals surface area contributed by atoms with Gasteiger partial charge in [-0.25, -0.2) is 0 Å². The number of benzene rings is 4. The lowest BCUT2D eigenvalue weighted by Gasteiger charge is -2.27. The Labute approximate surface area is 349 Å². The van der Waals surface area contributed by atoms with Gasteiger partial charge in [-0.15, -0.1) is 0 Å². The van der Waals surface area contributed by atoms with Crippen molar-refractivity contribution in [3.8, 4) is 39.7 Å². The van der Waals surface area contributed by atoms with Gasteiger partial charge in [0.15, 0.2) is 5.43 Å². The molecule has 3 N–H and O–H groups in total. The number of hydrogen-bond donors (Lipinski definition) is 2. The van der Waals surface area contributed by atoms with Gasteiger partial charge in [-0.1, -0.05) is 29.8 Å². The van der Waals surface area contributed by atoms with Gasteiger partial charge in [-0.3, -0.25) is 34.2 Å². The fraction of sp³-hybridized carbons (Fsp3) is 0.295. The number of nitrogen functional groups attached to an aromatic ring is 1. The van der Waals surface area contributed by atoms with Gasteiger partial charge >= 0.3 is 0 Å². The van der Waals surface area contributed by atoms with E-state index >= 15 is 0 Å². The van der Waals surface area contributed by atoms with Crippen molar-refractivity contribution in [3.05, 3.63) is 105 Å². The van der Waals surface area contributed by atoms with E-state index in [4.69, 9.17) is 50.2 Å². The van der Waals surface area contributed by atoms with Crippen LogP contribution in [0.2, 0.25) is 5.02 Å². The minimum atomic E-state index is -1.06. The number of anilines is 1. The molecule has 1 unspecified atom stereocenters. The van der Waals surface area contributed by atoms with Crippen LogP contribution in [0.25, 0.3) is 33.4 Å². The SMILES string of the molecule is CCOc1cc2oc(-c3ccc(OCCOCCOCCOCCOc4cccc5c4C(=O)N(C4CCC(=O)NC4=O)C5=O)cc3Cl)cc(=O)c2cc1-c1cccc(N)c1. The third-order valence-corrected chi connectivity index (χ3v) is 10.0. The number of amides is 4. The summed E-state index contributed by atoms with van der Waals surface area (Å²) in [6.45, 7) is 4.44. The lowest BCUT2D eigenvalue weighted by Crippen LogP contribution is -2.54. The average molecular weight is 840 g/mol. The minimum absolute atomic E-state index is 0.0368. The number of nitrogens with two attached hydrogens (primary N) is 1. The molecule has 0 bridgehead atoms. The van der Waals surface area contributed by atoms with Crippen molar-refractivity contribution in [2.45, 2.75) is 25.8 Å². The van der Waals surface area contributed by atoms with Gasteiger partial charge in [-0.05, 0) is 67.4 Å². The Kier molecular flexibility index (Phi) is 13.4. The van der Waals surface area contributed by atoms with Crippen LogP contribution in [0, 0.1) is 0 Å². The topological polar surface area (TPSA) is 195 Å². The van der Waals surface area contributed by atoms with Crippen LogP contribution >= 0.6 is 11.6 Å². The highest BCUT2D eigenvalue weighted by Crippen LogP contribution is 2.38. The molecular formula is C44H42ClN3O12. The van der Waals surface area contributed by atoms with Gasteiger partial charge in [0, 0.05) is 35.4 Å². The maximum Gasteiger partial charge on any atom is 0.266 e. The Bertz CT molecular complexity index is 2490. The van der Waals surface area contributed by atoms with Gasteiger partial charge in [0.25, 0.3) is 11.8 Å². The number of carbonyl (C=O) groups excluding carboxylic acids is 4. The summed E-state index contributed by atoms with van der Waals surface area (Å²) in [6.07, 6.45) is 0.106. The van der Waals surface area contributed by atoms with Crippen LogP contribution in [-0.4, -0.2) is 94.0 Å². The predicted octanol–water partition coefficient (Wildman–Crippen LogP) is 5.67. The summed E-state index contributed by atoms with van der Waals surface area (Å²) in [5.74, 6) is -0.765. The highest BCUT2D eigenvalue weighted by molar-refractivity contribution is 6.33. The van der Waals surface area contributed by atoms with Gasteiger partial charge in [0.2, 0.25) is 11.8 Å². The Morgan fingerprint density at radius 2 is 1.45 bits per heavy atom. The van der Waals surface area contributed by atoms with Crippen LogP contribution in [0.5, 0.6) is 17.2 Å². The highest BCUT2D eigenvalue weighted by atomic mass is 35.5. The fourth-order valence-electron chi connectivity index (χ4n) is 6.88. The van der Waals surface area contributed by atoms with Crippen LogP contribution in [-0.2, 0) is 23.8 Å². The number of nitrogens with one attached hydrogen (secondary N) is 1. The summed E-state index contributed by atoms with van der Waals surface area (Å²) in [5, 5.41) is 2.92. The molecule has 4 amide bonds. The molecule has 2 aliphatic rings. The molecule has 0 saturated carbocycles. The van der Waals surface area contributed by atoms with Gasteiger partial charge in [0.05, 0.1) is 67.8 Å². The summed E-state index contributed by atoms with van der Waals surface area (Å²) in [7, 11) is 0. The van der Waals surface area contributed by atoms with Crippen molar-refractivity contribution in [1.82, 2.24) is 10.2 Å². The second kappa shape index (κ2) is 19.2. The van der Waals surface area contributed by atoms with Gasteiger partial charge in [0.1, 0.15) is 47.8 Å². The molecule has 312 valence electrons. The number of ether oxygens (including phenoxy) is 6. The molecule has 1 fully saturated rings. The quantitative estimate of drug-likeness (QED) is 0.0587. The molecule has 16 heteroatoms. The summed E-state index contributed by atoms with van der Waals surface area (Å²) >= 11 is 6.63. The van der Waals surface area contributed by atoms with Crippen molar-refractivity contribution in [2.75, 3.05) is 65.2 Å². The third-order valence-electron chi connectivity index (χ3n) is 9.69. The number of fused-ring (bicyclic) bond motifs is 2. The Hall–Kier alpha value is -6.26. The number of hydrogen-bond acceptors (Lipinski definition) is 13. The monoisotopic (exact) mass is 839 g/mol. The van der Waals surface area contributed by atoms with E-state index in [0.29, 0.717) is 84.1 Å². The number of piperidine rings is 1. The molecule has 0 aliphatic carbocycles. The second-order valence-corrected chi connectivity index (χ2v) is 14.1. The molecule has 1 saturated heterocycles. The number of imide groups is 2. The molecule has 15 nitrogen and oxygen atoms in total. The van der Waals surface area contributed by atoms with Crippen LogP contribution in [0.1, 0.15) is 40.5 Å². The lowest BCUT2D eigenvalue weighted by atomic mass is 10.0. The van der Waals surface area contributed by atoms with Crippen LogP contribution in [0.4, 0.5) is 5.69 Å². The first-order valence-corrected chi connectivity index (χ1v) is 19.7. The Morgan fingerprint density at radius 3 is 2.15 bits per heavy atom. The molecule has 2 aliphatic heterocycles. The van der Waals surface area contributed by atoms with Gasteiger partial charge < -0.3 is 38.6 Å². The van der Waals surface area contributed by atoms with Crippen molar-refractivity contribution in [2.24, 2.45) is 0 Å². The molecule has 3 heterocycles. The summed E-state index contributed by atoms with van der Waals surface area (Å²) in [6, 6.07) is 21.0. The van der Waals surface area contributed by atoms with E-state index in [-0.39, 0.29) is 55.0 Å². The van der Waals surface area contributed by atoms with E-state index in [0.717, 1.165) is 16.0 Å². The number of nitrogens with zero attached hydrogens (tertiary/aromatic N) is 1. The Balaban J connectivity index is 0.796. The average Bonchev–Trinajstić information content (AvgIpc) is 3.48. The first kappa shape index (κ1) is 41.9. The summed E-state index contributed by atoms with van der Waals surface area (Å²) in [4.78, 5) is 64.2. The van der Waals surface area contributed by atoms with E-state index in [1.54, 1.807) is 48.5 Å². The van der Waals surface area contributed by atoms with Crippen molar-refractivity contribution >= 4 is 51.9 Å². The van der Waals surface area contributed by atoms with Crippen LogP contribution < -0.4 is 30.7 Å². The van der Waals surface area contributed by atoms with Crippen molar-refractivity contribution in [3.63, 3.8) is 0 Å². The molecule has 1 atom stereocenters. The zero-order valence-corrected chi connectivity index (χ0v) is 33.4. The largest absolute Gasteiger partial charge is 0.493 e. The fourth-order valence-corrected chi connectivity index (χ4v) is 7.15. The summed E-state index contributed by atoms with van der Waals surface area (Å²) < 4.78 is 40.4. The molecule has 0 radical (unpaired) electrons. The molecule has 4 aromatic carbocycles. The predicted molar refractivity (Wildman–Crippen MR) is 221 cm³/mol. The maximum absolute atomic E-state index is 13.3. The second-order valence-electron chi connectivity index (χ2n) is 13.7. The smallest absolute Gasteiger partial charge is 0.266 e. The van der Waals surface area contributed by atoms with Crippen molar-refractivity contribution < 1.29 is 52.0 Å². The van der Waals surface area contributed by atoms with Crippen LogP contribution in [0.3, 0.4) is 0 Å². The van der Waals surface area contributed by atoms with Gasteiger partial charge in [-0.2, -0.15) is 0 Å². The standard InChI is InChI=1S/C44H42ClN3O12/c1-2-57-37-25-39-32(23-31(37)26-5-3-6-27(46)21-26)35(49)24-38(60-39)29-10-9-28(22-33(29)45)58-19-17-55-15-13-54-14-16-56-18-20-59-36-8-4-7-30-41(36)44(53)48(43(30)52)34-11-12-40(50)47-42(34)51/h3-10,21-25,34H,2,11-20,46H2,1H3,(H,47,50,51). The lowest BCUT2D eigenvalue weighted by molar-refractivity contribution is -0.136. The molecular weight excluding hydrogens is 798 g/mol. The van der Waals surface area contributed by atoms with E-state index in [9.17, 15) is 24.0 Å². The maximum atomic E-state index is 13.3. The first-order valence-electron chi connectivity index (χ1n) is 19.4. The highest BCUT2D eigenvalue weighted by Gasteiger charge is 2.46. The molecule has 1 aromatic heterocycles.